The van der Waals surface area contributed by atoms with E-state index < -0.39 is 0 Å². The smallest absolute Gasteiger partial charge is 0.172 e. The van der Waals surface area contributed by atoms with Gasteiger partial charge in [0.2, 0.25) is 0 Å². The van der Waals surface area contributed by atoms with E-state index in [2.05, 4.69) is 9.97 Å². The lowest BCUT2D eigenvalue weighted by molar-refractivity contribution is 0.0992. The molecule has 0 amide bonds. The summed E-state index contributed by atoms with van der Waals surface area (Å²) in [6, 6.07) is 7.48. The van der Waals surface area contributed by atoms with Crippen LogP contribution in [-0.2, 0) is 6.42 Å². The lowest BCUT2D eigenvalue weighted by Crippen LogP contribution is -2.04. The summed E-state index contributed by atoms with van der Waals surface area (Å²) < 4.78 is 5.35. The van der Waals surface area contributed by atoms with Gasteiger partial charge in [-0.3, -0.25) is 14.8 Å². The average Bonchev–Trinajstić information content (AvgIpc) is 2.84. The van der Waals surface area contributed by atoms with Crippen molar-refractivity contribution in [3.05, 3.63) is 60.4 Å². The minimum atomic E-state index is -0.0135. The summed E-state index contributed by atoms with van der Waals surface area (Å²) in [5, 5.41) is 0.839. The number of benzene rings is 1. The first kappa shape index (κ1) is 10.7. The van der Waals surface area contributed by atoms with E-state index in [0.29, 0.717) is 11.3 Å². The van der Waals surface area contributed by atoms with Crippen LogP contribution in [0.4, 0.5) is 0 Å². The van der Waals surface area contributed by atoms with Gasteiger partial charge in [0.25, 0.3) is 0 Å². The molecule has 1 aromatic carbocycles. The second-order valence-electron chi connectivity index (χ2n) is 3.94. The molecule has 0 saturated carbocycles. The molecule has 4 heteroatoms. The summed E-state index contributed by atoms with van der Waals surface area (Å²) >= 11 is 0. The highest BCUT2D eigenvalue weighted by molar-refractivity contribution is 6.07. The maximum absolute atomic E-state index is 12.2. The Morgan fingerprint density at radius 3 is 2.94 bits per heavy atom. The molecule has 0 saturated heterocycles. The average molecular weight is 238 g/mol. The van der Waals surface area contributed by atoms with Gasteiger partial charge >= 0.3 is 0 Å². The summed E-state index contributed by atoms with van der Waals surface area (Å²) in [4.78, 5) is 20.2. The van der Waals surface area contributed by atoms with Gasteiger partial charge in [0.1, 0.15) is 11.8 Å². The predicted molar refractivity (Wildman–Crippen MR) is 66.3 cm³/mol. The molecule has 0 fully saturated rings. The first-order valence-corrected chi connectivity index (χ1v) is 5.59. The standard InChI is InChI=1S/C14H10N2O2/c17-13(7-10-8-15-5-6-16-10)12-9-18-14-4-2-1-3-11(12)14/h1-6,8-9H,7H2. The van der Waals surface area contributed by atoms with Crippen LogP contribution in [0.2, 0.25) is 0 Å². The minimum Gasteiger partial charge on any atom is -0.464 e. The van der Waals surface area contributed by atoms with Gasteiger partial charge in [-0.2, -0.15) is 0 Å². The lowest BCUT2D eigenvalue weighted by Gasteiger charge is -1.97. The van der Waals surface area contributed by atoms with Crippen molar-refractivity contribution in [2.24, 2.45) is 0 Å². The van der Waals surface area contributed by atoms with Crippen molar-refractivity contribution in [1.82, 2.24) is 9.97 Å². The third-order valence-electron chi connectivity index (χ3n) is 2.74. The van der Waals surface area contributed by atoms with Crippen LogP contribution in [0.15, 0.2) is 53.5 Å². The Hall–Kier alpha value is -2.49. The molecule has 0 N–H and O–H groups in total. The third-order valence-corrected chi connectivity index (χ3v) is 2.74. The summed E-state index contributed by atoms with van der Waals surface area (Å²) in [7, 11) is 0. The van der Waals surface area contributed by atoms with Gasteiger partial charge in [0.15, 0.2) is 5.78 Å². The fourth-order valence-electron chi connectivity index (χ4n) is 1.87. The Labute approximate surface area is 103 Å². The van der Waals surface area contributed by atoms with Gasteiger partial charge in [-0.05, 0) is 6.07 Å². The van der Waals surface area contributed by atoms with Gasteiger partial charge < -0.3 is 4.42 Å². The number of para-hydroxylation sites is 1. The minimum absolute atomic E-state index is 0.0135. The van der Waals surface area contributed by atoms with Crippen molar-refractivity contribution in [2.75, 3.05) is 0 Å². The summed E-state index contributed by atoms with van der Waals surface area (Å²) in [6.45, 7) is 0. The van der Waals surface area contributed by atoms with Gasteiger partial charge in [-0.15, -0.1) is 0 Å². The largest absolute Gasteiger partial charge is 0.464 e. The van der Waals surface area contributed by atoms with Crippen LogP contribution in [0.25, 0.3) is 11.0 Å². The second kappa shape index (κ2) is 4.41. The Morgan fingerprint density at radius 1 is 1.22 bits per heavy atom. The molecule has 4 nitrogen and oxygen atoms in total. The van der Waals surface area contributed by atoms with Crippen LogP contribution in [0.3, 0.4) is 0 Å². The van der Waals surface area contributed by atoms with E-state index in [4.69, 9.17) is 4.42 Å². The quantitative estimate of drug-likeness (QED) is 0.658. The molecule has 0 bridgehead atoms. The van der Waals surface area contributed by atoms with Crippen LogP contribution in [0.5, 0.6) is 0 Å². The van der Waals surface area contributed by atoms with Crippen molar-refractivity contribution in [3.63, 3.8) is 0 Å². The van der Waals surface area contributed by atoms with E-state index in [-0.39, 0.29) is 12.2 Å². The zero-order valence-corrected chi connectivity index (χ0v) is 9.54. The number of hydrogen-bond donors (Lipinski definition) is 0. The third kappa shape index (κ3) is 1.88. The number of aromatic nitrogens is 2. The van der Waals surface area contributed by atoms with Crippen LogP contribution in [0, 0.1) is 0 Å². The monoisotopic (exact) mass is 238 g/mol. The maximum Gasteiger partial charge on any atom is 0.172 e. The van der Waals surface area contributed by atoms with Crippen LogP contribution >= 0.6 is 0 Å². The van der Waals surface area contributed by atoms with E-state index in [1.807, 2.05) is 24.3 Å². The number of ketones is 1. The molecule has 2 aromatic heterocycles. The molecule has 0 atom stereocenters. The topological polar surface area (TPSA) is 56.0 Å². The van der Waals surface area contributed by atoms with Crippen LogP contribution in [0.1, 0.15) is 16.1 Å². The van der Waals surface area contributed by atoms with E-state index >= 15 is 0 Å². The molecule has 0 aliphatic rings. The molecule has 0 radical (unpaired) electrons. The fraction of sp³-hybridized carbons (Fsp3) is 0.0714. The van der Waals surface area contributed by atoms with Crippen LogP contribution in [-0.4, -0.2) is 15.8 Å². The van der Waals surface area contributed by atoms with E-state index in [1.54, 1.807) is 18.6 Å². The highest BCUT2D eigenvalue weighted by Crippen LogP contribution is 2.21. The van der Waals surface area contributed by atoms with E-state index in [1.165, 1.54) is 6.26 Å². The van der Waals surface area contributed by atoms with Crippen molar-refractivity contribution < 1.29 is 9.21 Å². The number of nitrogens with zero attached hydrogens (tertiary/aromatic N) is 2. The molecular weight excluding hydrogens is 228 g/mol. The van der Waals surface area contributed by atoms with Crippen molar-refractivity contribution in [1.29, 1.82) is 0 Å². The van der Waals surface area contributed by atoms with Gasteiger partial charge in [-0.25, -0.2) is 0 Å². The Balaban J connectivity index is 1.93. The number of rotatable bonds is 3. The highest BCUT2D eigenvalue weighted by Gasteiger charge is 2.14. The molecule has 18 heavy (non-hydrogen) atoms. The Kier molecular flexibility index (Phi) is 2.61. The Morgan fingerprint density at radius 2 is 2.11 bits per heavy atom. The zero-order valence-electron chi connectivity index (χ0n) is 9.54. The number of carbonyl (C=O) groups is 1. The molecule has 2 heterocycles. The molecule has 88 valence electrons. The van der Waals surface area contributed by atoms with Crippen LogP contribution < -0.4 is 0 Å². The Bertz CT molecular complexity index is 689. The molecule has 0 unspecified atom stereocenters. The molecule has 0 aliphatic heterocycles. The molecule has 3 aromatic rings. The van der Waals surface area contributed by atoms with Gasteiger partial charge in [-0.1, -0.05) is 18.2 Å². The molecular formula is C14H10N2O2. The molecule has 0 spiro atoms. The van der Waals surface area contributed by atoms with Crippen molar-refractivity contribution in [3.8, 4) is 0 Å². The summed E-state index contributed by atoms with van der Waals surface area (Å²) in [6.07, 6.45) is 6.50. The SMILES string of the molecule is O=C(Cc1cnccn1)c1coc2ccccc12. The van der Waals surface area contributed by atoms with Crippen molar-refractivity contribution >= 4 is 16.8 Å². The number of fused-ring (bicyclic) bond motifs is 1. The zero-order chi connectivity index (χ0) is 12.4. The van der Waals surface area contributed by atoms with Gasteiger partial charge in [0, 0.05) is 24.0 Å². The summed E-state index contributed by atoms with van der Waals surface area (Å²) in [5.74, 6) is -0.0135. The van der Waals surface area contributed by atoms with E-state index in [0.717, 1.165) is 11.0 Å². The lowest BCUT2D eigenvalue weighted by atomic mass is 10.1. The fourth-order valence-corrected chi connectivity index (χ4v) is 1.87. The number of carbonyl (C=O) groups excluding carboxylic acids is 1. The summed E-state index contributed by atoms with van der Waals surface area (Å²) in [5.41, 5.74) is 1.98. The number of furan rings is 1. The number of Topliss-reactive ketones (excluding diaryl/α,β-unsaturated/α-hetero) is 1. The first-order chi connectivity index (χ1) is 8.84. The normalized spacial score (nSPS) is 10.7. The highest BCUT2D eigenvalue weighted by atomic mass is 16.3. The number of hydrogen-bond acceptors (Lipinski definition) is 4. The predicted octanol–water partition coefficient (Wildman–Crippen LogP) is 2.65. The van der Waals surface area contributed by atoms with Crippen molar-refractivity contribution in [2.45, 2.75) is 6.42 Å². The molecule has 0 aliphatic carbocycles. The first-order valence-electron chi connectivity index (χ1n) is 5.59. The van der Waals surface area contributed by atoms with Gasteiger partial charge in [0.05, 0.1) is 17.7 Å². The maximum atomic E-state index is 12.2. The molecule has 3 rings (SSSR count). The second-order valence-corrected chi connectivity index (χ2v) is 3.94. The van der Waals surface area contributed by atoms with E-state index in [9.17, 15) is 4.79 Å².